The Hall–Kier alpha value is -3.00. The lowest BCUT2D eigenvalue weighted by Crippen LogP contribution is -2.40. The third-order valence-corrected chi connectivity index (χ3v) is 8.06. The number of methoxy groups -OCH3 is 2. The smallest absolute Gasteiger partial charge is 0.290 e. The second-order valence-corrected chi connectivity index (χ2v) is 10.6. The number of rotatable bonds is 7. The van der Waals surface area contributed by atoms with Crippen molar-refractivity contribution < 1.29 is 27.1 Å². The van der Waals surface area contributed by atoms with Crippen LogP contribution in [0.1, 0.15) is 40.6 Å². The van der Waals surface area contributed by atoms with E-state index in [2.05, 4.69) is 6.92 Å². The number of hydrogen-bond acceptors (Lipinski definition) is 6. The van der Waals surface area contributed by atoms with Gasteiger partial charge in [0.15, 0.2) is 27.1 Å². The SMILES string of the molecule is CCc1ccc2oc(C(=O)N(Cc3ccc(OC)c(OC)c3)[C@@H]3CCS(=O)(=O)C3)c(C)c2c1. The van der Waals surface area contributed by atoms with Crippen LogP contribution in [-0.2, 0) is 22.8 Å². The molecule has 3 aromatic rings. The third kappa shape index (κ3) is 4.57. The zero-order valence-corrected chi connectivity index (χ0v) is 20.2. The second-order valence-electron chi connectivity index (χ2n) is 8.42. The van der Waals surface area contributed by atoms with Gasteiger partial charge >= 0.3 is 0 Å². The number of hydrogen-bond donors (Lipinski definition) is 0. The number of carbonyl (C=O) groups excluding carboxylic acids is 1. The number of furan rings is 1. The predicted octanol–water partition coefficient (Wildman–Crippen LogP) is 4.15. The lowest BCUT2D eigenvalue weighted by atomic mass is 10.1. The molecule has 0 N–H and O–H groups in total. The molecule has 0 spiro atoms. The van der Waals surface area contributed by atoms with Gasteiger partial charge in [-0.05, 0) is 55.2 Å². The molecule has 1 aliphatic heterocycles. The van der Waals surface area contributed by atoms with Gasteiger partial charge in [-0.3, -0.25) is 4.79 Å². The average Bonchev–Trinajstić information content (AvgIpc) is 3.35. The zero-order chi connectivity index (χ0) is 23.8. The van der Waals surface area contributed by atoms with Crippen LogP contribution in [0.2, 0.25) is 0 Å². The van der Waals surface area contributed by atoms with Crippen LogP contribution in [0.3, 0.4) is 0 Å². The highest BCUT2D eigenvalue weighted by molar-refractivity contribution is 7.91. The summed E-state index contributed by atoms with van der Waals surface area (Å²) in [5.41, 5.74) is 3.39. The summed E-state index contributed by atoms with van der Waals surface area (Å²) in [6.45, 7) is 4.18. The first-order valence-corrected chi connectivity index (χ1v) is 12.8. The first kappa shape index (κ1) is 23.2. The Labute approximate surface area is 194 Å². The molecule has 2 aromatic carbocycles. The molecular formula is C25H29NO6S. The Morgan fingerprint density at radius 1 is 1.09 bits per heavy atom. The topological polar surface area (TPSA) is 86.1 Å². The molecule has 33 heavy (non-hydrogen) atoms. The largest absolute Gasteiger partial charge is 0.493 e. The van der Waals surface area contributed by atoms with E-state index in [1.807, 2.05) is 37.3 Å². The van der Waals surface area contributed by atoms with Gasteiger partial charge in [0, 0.05) is 23.5 Å². The molecule has 1 fully saturated rings. The number of carbonyl (C=O) groups is 1. The summed E-state index contributed by atoms with van der Waals surface area (Å²) in [5.74, 6) is 1.11. The van der Waals surface area contributed by atoms with Gasteiger partial charge in [-0.25, -0.2) is 8.42 Å². The van der Waals surface area contributed by atoms with Crippen molar-refractivity contribution >= 4 is 26.7 Å². The van der Waals surface area contributed by atoms with Crippen molar-refractivity contribution in [3.63, 3.8) is 0 Å². The fourth-order valence-electron chi connectivity index (χ4n) is 4.39. The van der Waals surface area contributed by atoms with Crippen molar-refractivity contribution in [1.82, 2.24) is 4.90 Å². The van der Waals surface area contributed by atoms with Crippen molar-refractivity contribution in [1.29, 1.82) is 0 Å². The van der Waals surface area contributed by atoms with E-state index in [-0.39, 0.29) is 29.7 Å². The minimum Gasteiger partial charge on any atom is -0.493 e. The van der Waals surface area contributed by atoms with Crippen LogP contribution in [0.4, 0.5) is 0 Å². The fourth-order valence-corrected chi connectivity index (χ4v) is 6.12. The number of sulfone groups is 1. The van der Waals surface area contributed by atoms with Crippen LogP contribution < -0.4 is 9.47 Å². The summed E-state index contributed by atoms with van der Waals surface area (Å²) in [5, 5.41) is 0.905. The molecular weight excluding hydrogens is 442 g/mol. The number of ether oxygens (including phenoxy) is 2. The third-order valence-electron chi connectivity index (χ3n) is 6.31. The lowest BCUT2D eigenvalue weighted by Gasteiger charge is -2.28. The minimum absolute atomic E-state index is 0.0503. The highest BCUT2D eigenvalue weighted by Gasteiger charge is 2.37. The molecule has 1 aromatic heterocycles. The van der Waals surface area contributed by atoms with E-state index in [4.69, 9.17) is 13.9 Å². The van der Waals surface area contributed by atoms with E-state index in [1.165, 1.54) is 0 Å². The monoisotopic (exact) mass is 471 g/mol. The summed E-state index contributed by atoms with van der Waals surface area (Å²) in [7, 11) is -0.0724. The van der Waals surface area contributed by atoms with E-state index < -0.39 is 15.9 Å². The Morgan fingerprint density at radius 2 is 1.82 bits per heavy atom. The molecule has 1 saturated heterocycles. The van der Waals surface area contributed by atoms with Crippen LogP contribution in [0.5, 0.6) is 11.5 Å². The zero-order valence-electron chi connectivity index (χ0n) is 19.4. The van der Waals surface area contributed by atoms with Crippen molar-refractivity contribution in [2.24, 2.45) is 0 Å². The van der Waals surface area contributed by atoms with E-state index in [0.29, 0.717) is 23.5 Å². The van der Waals surface area contributed by atoms with Crippen molar-refractivity contribution in [2.75, 3.05) is 25.7 Å². The summed E-state index contributed by atoms with van der Waals surface area (Å²) < 4.78 is 41.1. The predicted molar refractivity (Wildman–Crippen MR) is 127 cm³/mol. The number of amides is 1. The molecule has 0 bridgehead atoms. The van der Waals surface area contributed by atoms with Crippen molar-refractivity contribution in [3.8, 4) is 11.5 Å². The maximum Gasteiger partial charge on any atom is 0.290 e. The molecule has 0 aliphatic carbocycles. The Balaban J connectivity index is 1.73. The van der Waals surface area contributed by atoms with Crippen LogP contribution in [-0.4, -0.2) is 51.0 Å². The summed E-state index contributed by atoms with van der Waals surface area (Å²) >= 11 is 0. The normalized spacial score (nSPS) is 17.3. The van der Waals surface area contributed by atoms with Crippen LogP contribution in [0.15, 0.2) is 40.8 Å². The fraction of sp³-hybridized carbons (Fsp3) is 0.400. The number of benzene rings is 2. The lowest BCUT2D eigenvalue weighted by molar-refractivity contribution is 0.0649. The maximum atomic E-state index is 13.8. The van der Waals surface area contributed by atoms with E-state index in [1.54, 1.807) is 25.2 Å². The van der Waals surface area contributed by atoms with Gasteiger partial charge in [0.25, 0.3) is 5.91 Å². The van der Waals surface area contributed by atoms with Gasteiger partial charge < -0.3 is 18.8 Å². The van der Waals surface area contributed by atoms with Gasteiger partial charge in [0.1, 0.15) is 5.58 Å². The number of nitrogens with zero attached hydrogens (tertiary/aromatic N) is 1. The molecule has 0 saturated carbocycles. The highest BCUT2D eigenvalue weighted by atomic mass is 32.2. The Morgan fingerprint density at radius 3 is 2.45 bits per heavy atom. The molecule has 0 radical (unpaired) electrons. The van der Waals surface area contributed by atoms with Crippen LogP contribution in [0.25, 0.3) is 11.0 Å². The first-order chi connectivity index (χ1) is 15.8. The molecule has 7 nitrogen and oxygen atoms in total. The highest BCUT2D eigenvalue weighted by Crippen LogP contribution is 2.32. The van der Waals surface area contributed by atoms with E-state index >= 15 is 0 Å². The second kappa shape index (κ2) is 9.09. The number of aryl methyl sites for hydroxylation is 2. The molecule has 2 heterocycles. The summed E-state index contributed by atoms with van der Waals surface area (Å²) in [4.78, 5) is 15.4. The Bertz CT molecular complexity index is 1290. The molecule has 1 atom stereocenters. The average molecular weight is 472 g/mol. The van der Waals surface area contributed by atoms with Gasteiger partial charge in [-0.2, -0.15) is 0 Å². The van der Waals surface area contributed by atoms with Gasteiger partial charge in [-0.15, -0.1) is 0 Å². The van der Waals surface area contributed by atoms with Crippen LogP contribution >= 0.6 is 0 Å². The van der Waals surface area contributed by atoms with Gasteiger partial charge in [0.05, 0.1) is 25.7 Å². The van der Waals surface area contributed by atoms with Gasteiger partial charge in [-0.1, -0.05) is 19.1 Å². The summed E-state index contributed by atoms with van der Waals surface area (Å²) in [6.07, 6.45) is 1.29. The molecule has 8 heteroatoms. The minimum atomic E-state index is -3.18. The van der Waals surface area contributed by atoms with Crippen molar-refractivity contribution in [3.05, 3.63) is 58.8 Å². The van der Waals surface area contributed by atoms with E-state index in [0.717, 1.165) is 28.5 Å². The van der Waals surface area contributed by atoms with Crippen LogP contribution in [0, 0.1) is 6.92 Å². The van der Waals surface area contributed by atoms with E-state index in [9.17, 15) is 13.2 Å². The molecule has 0 unspecified atom stereocenters. The van der Waals surface area contributed by atoms with Crippen molar-refractivity contribution in [2.45, 2.75) is 39.3 Å². The quantitative estimate of drug-likeness (QED) is 0.515. The standard InChI is InChI=1S/C25H29NO6S/c1-5-17-6-8-21-20(12-17)16(2)24(32-21)25(27)26(19-10-11-33(28,29)15-19)14-18-7-9-22(30-3)23(13-18)31-4/h6-9,12-13,19H,5,10-11,14-15H2,1-4H3/t19-/m1/s1. The number of fused-ring (bicyclic) bond motifs is 1. The molecule has 176 valence electrons. The molecule has 1 aliphatic rings. The first-order valence-electron chi connectivity index (χ1n) is 11.0. The van der Waals surface area contributed by atoms with Gasteiger partial charge in [0.2, 0.25) is 0 Å². The molecule has 1 amide bonds. The maximum absolute atomic E-state index is 13.8. The Kier molecular flexibility index (Phi) is 6.38. The molecule has 4 rings (SSSR count). The summed E-state index contributed by atoms with van der Waals surface area (Å²) in [6, 6.07) is 10.9.